The van der Waals surface area contributed by atoms with Crippen molar-refractivity contribution in [1.29, 1.82) is 5.41 Å². The van der Waals surface area contributed by atoms with Crippen LogP contribution in [0.15, 0.2) is 21.5 Å². The van der Waals surface area contributed by atoms with Crippen molar-refractivity contribution in [3.05, 3.63) is 17.1 Å². The molecule has 204 valence electrons. The largest absolute Gasteiger partial charge is 0.477 e. The van der Waals surface area contributed by atoms with Crippen LogP contribution in [-0.4, -0.2) is 117 Å². The topological polar surface area (TPSA) is 224 Å². The minimum Gasteiger partial charge on any atom is -0.477 e. The molecular weight excluding hydrogens is 545 g/mol. The number of halogens is 1. The molecule has 2 amide bonds. The van der Waals surface area contributed by atoms with Gasteiger partial charge in [-0.2, -0.15) is 14.5 Å². The number of oxime groups is 1. The third-order valence-electron chi connectivity index (χ3n) is 5.62. The Hall–Kier alpha value is -3.84. The predicted molar refractivity (Wildman–Crippen MR) is 136 cm³/mol. The molecule has 38 heavy (non-hydrogen) atoms. The summed E-state index contributed by atoms with van der Waals surface area (Å²) < 4.78 is 16.3. The lowest BCUT2D eigenvalue weighted by Crippen LogP contribution is -2.71. The van der Waals surface area contributed by atoms with Crippen LogP contribution in [0.1, 0.15) is 5.82 Å². The number of hydrazone groups is 1. The molecule has 0 aromatic carbocycles. The SMILES string of the molecule is N=C(CN/N=C/C1=C(C(=O)O)N2C(=O)C(NC(=O)/C(=N/OCF)c3nsc(N)n3)[C@H]2SC1)N1CCNCC1. The van der Waals surface area contributed by atoms with Crippen molar-refractivity contribution >= 4 is 64.0 Å². The lowest BCUT2D eigenvalue weighted by Gasteiger charge is -2.49. The molecule has 2 atom stereocenters. The number of rotatable bonds is 10. The standard InChI is InChI=1S/C19H24FN11O5S2/c20-8-36-28-11(14-27-19(22)38-29-14)15(32)26-12-16(33)31-13(18(34)35)9(7-37-17(12)31)5-24-25-6-10(21)30-3-1-23-2-4-30/h5,12,17,21,23,25H,1-4,6-8H2,(H,26,32)(H,34,35)(H2,22,27,29)/b21-10?,24-5+,28-11+/t12?,17-/m1/s1. The van der Waals surface area contributed by atoms with Crippen molar-refractivity contribution in [3.63, 3.8) is 0 Å². The van der Waals surface area contributed by atoms with E-state index in [0.29, 0.717) is 11.4 Å². The van der Waals surface area contributed by atoms with Crippen LogP contribution in [0.2, 0.25) is 0 Å². The molecule has 1 aromatic rings. The number of carbonyl (C=O) groups is 3. The first kappa shape index (κ1) is 27.2. The lowest BCUT2D eigenvalue weighted by atomic mass is 10.0. The molecule has 2 saturated heterocycles. The van der Waals surface area contributed by atoms with E-state index in [4.69, 9.17) is 11.1 Å². The van der Waals surface area contributed by atoms with Crippen LogP contribution in [0.3, 0.4) is 0 Å². The summed E-state index contributed by atoms with van der Waals surface area (Å²) in [5.74, 6) is -2.56. The maximum Gasteiger partial charge on any atom is 0.353 e. The summed E-state index contributed by atoms with van der Waals surface area (Å²) in [5.41, 5.74) is 7.82. The van der Waals surface area contributed by atoms with Crippen LogP contribution in [0.25, 0.3) is 0 Å². The number of nitrogen functional groups attached to an aromatic ring is 1. The Bertz CT molecular complexity index is 1200. The third-order valence-corrected chi connectivity index (χ3v) is 7.46. The maximum absolute atomic E-state index is 12.9. The van der Waals surface area contributed by atoms with E-state index in [1.807, 2.05) is 4.90 Å². The van der Waals surface area contributed by atoms with Gasteiger partial charge in [0.05, 0.1) is 12.8 Å². The second-order valence-corrected chi connectivity index (χ2v) is 9.84. The normalized spacial score (nSPS) is 21.7. The number of hydrogen-bond donors (Lipinski definition) is 6. The van der Waals surface area contributed by atoms with Crippen LogP contribution in [0.4, 0.5) is 9.52 Å². The molecule has 0 saturated carbocycles. The van der Waals surface area contributed by atoms with Gasteiger partial charge in [-0.1, -0.05) is 5.16 Å². The quantitative estimate of drug-likeness (QED) is 0.0776. The van der Waals surface area contributed by atoms with Gasteiger partial charge in [-0.25, -0.2) is 9.18 Å². The highest BCUT2D eigenvalue weighted by molar-refractivity contribution is 8.00. The summed E-state index contributed by atoms with van der Waals surface area (Å²) in [6.07, 6.45) is 1.31. The van der Waals surface area contributed by atoms with Crippen LogP contribution < -0.4 is 21.8 Å². The van der Waals surface area contributed by atoms with E-state index < -0.39 is 41.8 Å². The first-order valence-corrected chi connectivity index (χ1v) is 13.0. The predicted octanol–water partition coefficient (Wildman–Crippen LogP) is -2.04. The van der Waals surface area contributed by atoms with Gasteiger partial charge < -0.3 is 36.6 Å². The van der Waals surface area contributed by atoms with Crippen LogP contribution in [0.5, 0.6) is 0 Å². The number of carboxylic acid groups (broad SMARTS) is 1. The number of nitrogens with two attached hydrogens (primary N) is 1. The van der Waals surface area contributed by atoms with Crippen LogP contribution in [-0.2, 0) is 19.2 Å². The summed E-state index contributed by atoms with van der Waals surface area (Å²) in [4.78, 5) is 48.8. The van der Waals surface area contributed by atoms with Gasteiger partial charge in [-0.15, -0.1) is 11.8 Å². The average Bonchev–Trinajstić information content (AvgIpc) is 3.35. The number of piperazine rings is 1. The molecule has 4 rings (SSSR count). The zero-order valence-electron chi connectivity index (χ0n) is 19.7. The molecule has 0 radical (unpaired) electrons. The molecule has 0 aliphatic carbocycles. The monoisotopic (exact) mass is 569 g/mol. The Labute approximate surface area is 223 Å². The van der Waals surface area contributed by atoms with Crippen molar-refractivity contribution < 1.29 is 28.7 Å². The number of carbonyl (C=O) groups excluding carboxylic acids is 2. The summed E-state index contributed by atoms with van der Waals surface area (Å²) in [7, 11) is 0. The Balaban J connectivity index is 1.41. The van der Waals surface area contributed by atoms with E-state index in [1.165, 1.54) is 18.0 Å². The third kappa shape index (κ3) is 5.83. The highest BCUT2D eigenvalue weighted by atomic mass is 32.2. The number of alkyl halides is 1. The first-order valence-electron chi connectivity index (χ1n) is 11.2. The van der Waals surface area contributed by atoms with Crippen molar-refractivity contribution in [1.82, 2.24) is 35.2 Å². The van der Waals surface area contributed by atoms with Crippen LogP contribution >= 0.6 is 23.3 Å². The Kier molecular flexibility index (Phi) is 8.69. The number of hydrogen-bond acceptors (Lipinski definition) is 14. The molecule has 16 nitrogen and oxygen atoms in total. The Morgan fingerprint density at radius 2 is 2.16 bits per heavy atom. The van der Waals surface area contributed by atoms with Gasteiger partial charge in [-0.05, 0) is 0 Å². The number of β-lactam (4-membered cyclic amide) rings is 1. The fourth-order valence-electron chi connectivity index (χ4n) is 3.85. The minimum absolute atomic E-state index is 0.0371. The van der Waals surface area contributed by atoms with E-state index >= 15 is 0 Å². The second-order valence-electron chi connectivity index (χ2n) is 7.95. The second kappa shape index (κ2) is 12.1. The minimum atomic E-state index is -1.33. The van der Waals surface area contributed by atoms with Gasteiger partial charge in [0.2, 0.25) is 11.5 Å². The molecule has 19 heteroatoms. The molecular formula is C19H24FN11O5S2. The Morgan fingerprint density at radius 1 is 1.39 bits per heavy atom. The molecule has 2 fully saturated rings. The number of amides is 2. The van der Waals surface area contributed by atoms with Crippen molar-refractivity contribution in [2.24, 2.45) is 10.3 Å². The number of aliphatic carboxylic acids is 1. The average molecular weight is 570 g/mol. The summed E-state index contributed by atoms with van der Waals surface area (Å²) in [5, 5.41) is 30.3. The van der Waals surface area contributed by atoms with Gasteiger partial charge in [0.25, 0.3) is 18.7 Å². The maximum atomic E-state index is 12.9. The fourth-order valence-corrected chi connectivity index (χ4v) is 5.58. The molecule has 4 heterocycles. The van der Waals surface area contributed by atoms with Crippen molar-refractivity contribution in [3.8, 4) is 0 Å². The summed E-state index contributed by atoms with van der Waals surface area (Å²) in [6.45, 7) is 1.87. The van der Waals surface area contributed by atoms with E-state index in [1.54, 1.807) is 0 Å². The zero-order valence-corrected chi connectivity index (χ0v) is 21.4. The number of fused-ring (bicyclic) bond motifs is 1. The van der Waals surface area contributed by atoms with Gasteiger partial charge in [0.1, 0.15) is 22.9 Å². The van der Waals surface area contributed by atoms with Crippen molar-refractivity contribution in [2.45, 2.75) is 11.4 Å². The number of nitrogens with one attached hydrogen (secondary N) is 4. The van der Waals surface area contributed by atoms with Gasteiger partial charge in [-0.3, -0.25) is 19.9 Å². The van der Waals surface area contributed by atoms with Crippen LogP contribution in [0, 0.1) is 5.41 Å². The number of thioether (sulfide) groups is 1. The smallest absolute Gasteiger partial charge is 0.353 e. The Morgan fingerprint density at radius 3 is 2.82 bits per heavy atom. The number of nitrogens with zero attached hydrogens (tertiary/aromatic N) is 6. The number of anilines is 1. The molecule has 1 unspecified atom stereocenters. The molecule has 3 aliphatic heterocycles. The fraction of sp³-hybridized carbons (Fsp3) is 0.474. The summed E-state index contributed by atoms with van der Waals surface area (Å²) in [6, 6.07) is -1.08. The van der Waals surface area contributed by atoms with Crippen molar-refractivity contribution in [2.75, 3.05) is 51.1 Å². The molecule has 1 aromatic heterocycles. The highest BCUT2D eigenvalue weighted by Gasteiger charge is 2.54. The molecule has 0 bridgehead atoms. The summed E-state index contributed by atoms with van der Waals surface area (Å²) >= 11 is 2.01. The highest BCUT2D eigenvalue weighted by Crippen LogP contribution is 2.39. The van der Waals surface area contributed by atoms with Gasteiger partial charge in [0, 0.05) is 49.0 Å². The molecule has 0 spiro atoms. The van der Waals surface area contributed by atoms with Gasteiger partial charge in [0.15, 0.2) is 5.13 Å². The number of amidine groups is 1. The van der Waals surface area contributed by atoms with E-state index in [2.05, 4.69) is 40.5 Å². The lowest BCUT2D eigenvalue weighted by molar-refractivity contribution is -0.150. The van der Waals surface area contributed by atoms with Gasteiger partial charge >= 0.3 is 5.97 Å². The molecule has 7 N–H and O–H groups in total. The number of aromatic nitrogens is 2. The molecule has 3 aliphatic rings. The zero-order chi connectivity index (χ0) is 27.2. The first-order chi connectivity index (χ1) is 18.3. The van der Waals surface area contributed by atoms with E-state index in [0.717, 1.165) is 42.6 Å². The van der Waals surface area contributed by atoms with E-state index in [-0.39, 0.29) is 29.0 Å². The number of carboxylic acids is 1. The van der Waals surface area contributed by atoms with E-state index in [9.17, 15) is 23.9 Å².